The maximum atomic E-state index is 13.5. The molecule has 6 N–H and O–H groups in total. The molecule has 0 saturated carbocycles. The number of aliphatic hydroxyl groups is 2. The van der Waals surface area contributed by atoms with Crippen LogP contribution >= 0.6 is 0 Å². The molecule has 2 aromatic carbocycles. The number of halogens is 3. The minimum absolute atomic E-state index is 0.00300. The minimum Gasteiger partial charge on any atom is -0.389 e. The molecule has 0 bridgehead atoms. The monoisotopic (exact) mass is 601 g/mol. The van der Waals surface area contributed by atoms with Gasteiger partial charge in [-0.15, -0.1) is 0 Å². The van der Waals surface area contributed by atoms with Crippen LogP contribution in [0.1, 0.15) is 35.3 Å². The van der Waals surface area contributed by atoms with Crippen molar-refractivity contribution >= 4 is 28.6 Å². The molecular weight excluding hydrogens is 567 g/mol. The van der Waals surface area contributed by atoms with Crippen LogP contribution in [0.2, 0.25) is 0 Å². The first-order chi connectivity index (χ1) is 20.4. The number of primary amides is 1. The number of carbonyl (C=O) groups is 3. The van der Waals surface area contributed by atoms with Gasteiger partial charge in [0.1, 0.15) is 23.9 Å². The number of hydrogen-bond donors (Lipinski definition) is 5. The second-order valence-electron chi connectivity index (χ2n) is 10.6. The van der Waals surface area contributed by atoms with E-state index in [1.54, 1.807) is 48.5 Å². The number of aliphatic hydroxyl groups excluding tert-OH is 2. The molecule has 0 radical (unpaired) electrons. The first kappa shape index (κ1) is 31.9. The van der Waals surface area contributed by atoms with Crippen LogP contribution in [-0.4, -0.2) is 87.4 Å². The third-order valence-electron chi connectivity index (χ3n) is 7.45. The number of benzene rings is 2. The molecule has 1 fully saturated rings. The molecule has 4 rings (SSSR count). The summed E-state index contributed by atoms with van der Waals surface area (Å²) in [5.41, 5.74) is 6.53. The number of carbonyl (C=O) groups excluding carboxylic acids is 3. The summed E-state index contributed by atoms with van der Waals surface area (Å²) in [6.45, 7) is -0.374. The molecule has 1 aliphatic rings. The second kappa shape index (κ2) is 13.9. The Hall–Kier alpha value is -4.07. The lowest BCUT2D eigenvalue weighted by atomic mass is 9.96. The van der Waals surface area contributed by atoms with Gasteiger partial charge in [-0.3, -0.25) is 19.3 Å². The van der Waals surface area contributed by atoms with Gasteiger partial charge >= 0.3 is 6.18 Å². The molecule has 43 heavy (non-hydrogen) atoms. The van der Waals surface area contributed by atoms with Gasteiger partial charge in [0.25, 0.3) is 5.91 Å². The Balaban J connectivity index is 1.51. The number of likely N-dealkylation sites (tertiary alicyclic amines) is 1. The Morgan fingerprint density at radius 3 is 2.40 bits per heavy atom. The maximum Gasteiger partial charge on any atom is 0.404 e. The Kier molecular flexibility index (Phi) is 10.3. The second-order valence-corrected chi connectivity index (χ2v) is 10.6. The summed E-state index contributed by atoms with van der Waals surface area (Å²) < 4.78 is 40.4. The van der Waals surface area contributed by atoms with Crippen molar-refractivity contribution in [2.75, 3.05) is 13.1 Å². The number of aromatic nitrogens is 1. The molecule has 3 aromatic rings. The van der Waals surface area contributed by atoms with E-state index in [0.29, 0.717) is 11.1 Å². The molecule has 10 nitrogen and oxygen atoms in total. The standard InChI is InChI=1S/C30H34F3N5O5/c31-30(32,33)25-11-6-14-38(25)17-24(39)27(41)22(15-18-7-2-1-3-8-18)36-29(43)23(16-26(34)40)37-28(42)21-13-12-19-9-4-5-10-20(19)35-21/h1-5,7-10,12-13,22-25,27,39,41H,6,11,14-17H2,(H2,34,40)(H,36,43)(H,37,42)/t22-,23-,24?,25-,27-/m0/s1. The van der Waals surface area contributed by atoms with Crippen molar-refractivity contribution in [3.63, 3.8) is 0 Å². The van der Waals surface area contributed by atoms with Crippen LogP contribution in [-0.2, 0) is 16.0 Å². The van der Waals surface area contributed by atoms with E-state index in [0.717, 1.165) is 10.3 Å². The Bertz CT molecular complexity index is 1420. The van der Waals surface area contributed by atoms with Crippen molar-refractivity contribution < 1.29 is 37.8 Å². The summed E-state index contributed by atoms with van der Waals surface area (Å²) in [7, 11) is 0. The number of para-hydroxylation sites is 1. The van der Waals surface area contributed by atoms with Crippen molar-refractivity contribution in [1.29, 1.82) is 0 Å². The fourth-order valence-electron chi connectivity index (χ4n) is 5.28. The molecule has 1 unspecified atom stereocenters. The molecule has 230 valence electrons. The van der Waals surface area contributed by atoms with Crippen molar-refractivity contribution in [3.8, 4) is 0 Å². The molecule has 1 saturated heterocycles. The van der Waals surface area contributed by atoms with Crippen molar-refractivity contribution in [2.45, 2.75) is 62.2 Å². The lowest BCUT2D eigenvalue weighted by Gasteiger charge is -2.33. The topological polar surface area (TPSA) is 158 Å². The summed E-state index contributed by atoms with van der Waals surface area (Å²) in [6, 6.07) is 14.5. The lowest BCUT2D eigenvalue weighted by Crippen LogP contribution is -2.57. The first-order valence-electron chi connectivity index (χ1n) is 13.9. The highest BCUT2D eigenvalue weighted by atomic mass is 19.4. The molecule has 13 heteroatoms. The average Bonchev–Trinajstić information content (AvgIpc) is 3.45. The van der Waals surface area contributed by atoms with Crippen molar-refractivity contribution in [1.82, 2.24) is 20.5 Å². The average molecular weight is 602 g/mol. The van der Waals surface area contributed by atoms with E-state index in [-0.39, 0.29) is 31.5 Å². The smallest absolute Gasteiger partial charge is 0.389 e. The van der Waals surface area contributed by atoms with Crippen LogP contribution in [0.15, 0.2) is 66.7 Å². The van der Waals surface area contributed by atoms with Crippen molar-refractivity contribution in [3.05, 3.63) is 78.0 Å². The Morgan fingerprint density at radius 1 is 1.00 bits per heavy atom. The quantitative estimate of drug-likeness (QED) is 0.211. The van der Waals surface area contributed by atoms with Gasteiger partial charge in [-0.2, -0.15) is 13.2 Å². The third-order valence-corrected chi connectivity index (χ3v) is 7.45. The molecule has 0 spiro atoms. The minimum atomic E-state index is -4.49. The van der Waals surface area contributed by atoms with E-state index in [2.05, 4.69) is 15.6 Å². The number of hydrogen-bond acceptors (Lipinski definition) is 7. The Morgan fingerprint density at radius 2 is 1.70 bits per heavy atom. The fourth-order valence-corrected chi connectivity index (χ4v) is 5.28. The zero-order chi connectivity index (χ0) is 31.1. The van der Waals surface area contributed by atoms with E-state index >= 15 is 0 Å². The lowest BCUT2D eigenvalue weighted by molar-refractivity contribution is -0.180. The molecular formula is C30H34F3N5O5. The number of nitrogens with zero attached hydrogens (tertiary/aromatic N) is 2. The van der Waals surface area contributed by atoms with E-state index in [1.807, 2.05) is 12.1 Å². The number of fused-ring (bicyclic) bond motifs is 1. The summed E-state index contributed by atoms with van der Waals surface area (Å²) in [5.74, 6) is -2.52. The van der Waals surface area contributed by atoms with Crippen LogP contribution < -0.4 is 16.4 Å². The van der Waals surface area contributed by atoms with Gasteiger partial charge in [0.2, 0.25) is 11.8 Å². The molecule has 1 aromatic heterocycles. The number of pyridine rings is 1. The zero-order valence-corrected chi connectivity index (χ0v) is 23.2. The van der Waals surface area contributed by atoms with Gasteiger partial charge in [-0.25, -0.2) is 4.98 Å². The van der Waals surface area contributed by atoms with Crippen LogP contribution in [0.25, 0.3) is 10.9 Å². The molecule has 3 amide bonds. The van der Waals surface area contributed by atoms with Gasteiger partial charge in [-0.05, 0) is 43.5 Å². The Labute approximate surface area is 246 Å². The van der Waals surface area contributed by atoms with Crippen LogP contribution in [0, 0.1) is 0 Å². The summed E-state index contributed by atoms with van der Waals surface area (Å²) in [5, 5.41) is 27.7. The SMILES string of the molecule is NC(=O)C[C@H](NC(=O)c1ccc2ccccc2n1)C(=O)N[C@@H](Cc1ccccc1)[C@H](O)C(O)CN1CCC[C@H]1C(F)(F)F. The van der Waals surface area contributed by atoms with Gasteiger partial charge in [-0.1, -0.05) is 54.6 Å². The predicted octanol–water partition coefficient (Wildman–Crippen LogP) is 1.68. The van der Waals surface area contributed by atoms with E-state index in [4.69, 9.17) is 5.73 Å². The molecule has 1 aliphatic heterocycles. The number of rotatable bonds is 12. The number of nitrogens with one attached hydrogen (secondary N) is 2. The van der Waals surface area contributed by atoms with Gasteiger partial charge in [0, 0.05) is 11.9 Å². The van der Waals surface area contributed by atoms with E-state index in [9.17, 15) is 37.8 Å². The number of β-amino-alcohol motifs (C(OH)–C–C–N with tert-alkyl or cyclic N) is 1. The van der Waals surface area contributed by atoms with Crippen LogP contribution in [0.4, 0.5) is 13.2 Å². The highest BCUT2D eigenvalue weighted by molar-refractivity contribution is 5.99. The number of nitrogens with two attached hydrogens (primary N) is 1. The van der Waals surface area contributed by atoms with Gasteiger partial charge < -0.3 is 26.6 Å². The van der Waals surface area contributed by atoms with Gasteiger partial charge in [0.15, 0.2) is 0 Å². The maximum absolute atomic E-state index is 13.5. The van der Waals surface area contributed by atoms with Crippen LogP contribution in [0.3, 0.4) is 0 Å². The number of amides is 3. The number of alkyl halides is 3. The van der Waals surface area contributed by atoms with Crippen molar-refractivity contribution in [2.24, 2.45) is 5.73 Å². The first-order valence-corrected chi connectivity index (χ1v) is 13.9. The summed E-state index contributed by atoms with van der Waals surface area (Å²) in [6.07, 6.45) is -8.23. The van der Waals surface area contributed by atoms with Gasteiger partial charge in [0.05, 0.1) is 24.1 Å². The van der Waals surface area contributed by atoms with Crippen LogP contribution in [0.5, 0.6) is 0 Å². The van der Waals surface area contributed by atoms with E-state index in [1.165, 1.54) is 6.07 Å². The fraction of sp³-hybridized carbons (Fsp3) is 0.400. The predicted molar refractivity (Wildman–Crippen MR) is 152 cm³/mol. The normalized spacial score (nSPS) is 18.5. The molecule has 2 heterocycles. The van der Waals surface area contributed by atoms with E-state index < -0.39 is 67.2 Å². The third kappa shape index (κ3) is 8.49. The zero-order valence-electron chi connectivity index (χ0n) is 23.2. The summed E-state index contributed by atoms with van der Waals surface area (Å²) >= 11 is 0. The largest absolute Gasteiger partial charge is 0.404 e. The summed E-state index contributed by atoms with van der Waals surface area (Å²) in [4.78, 5) is 43.6. The highest BCUT2D eigenvalue weighted by Crippen LogP contribution is 2.32. The highest BCUT2D eigenvalue weighted by Gasteiger charge is 2.46. The molecule has 5 atom stereocenters. The molecule has 0 aliphatic carbocycles.